The predicted molar refractivity (Wildman–Crippen MR) is 93.6 cm³/mol. The maximum Gasteiger partial charge on any atom is 0.236 e. The third kappa shape index (κ3) is 4.36. The summed E-state index contributed by atoms with van der Waals surface area (Å²) in [6.07, 6.45) is 3.36. The molecule has 0 atom stereocenters. The average molecular weight is 337 g/mol. The van der Waals surface area contributed by atoms with Gasteiger partial charge in [0.2, 0.25) is 11.1 Å². The van der Waals surface area contributed by atoms with Crippen molar-refractivity contribution in [1.29, 1.82) is 0 Å². The van der Waals surface area contributed by atoms with E-state index in [4.69, 9.17) is 0 Å². The molecule has 6 nitrogen and oxygen atoms in total. The first-order chi connectivity index (χ1) is 11.7. The fourth-order valence-corrected chi connectivity index (χ4v) is 2.48. The van der Waals surface area contributed by atoms with Gasteiger partial charge in [-0.3, -0.25) is 4.79 Å². The van der Waals surface area contributed by atoms with Gasteiger partial charge in [-0.15, -0.1) is 10.2 Å². The molecule has 0 aliphatic heterocycles. The molecule has 120 valence electrons. The van der Waals surface area contributed by atoms with Gasteiger partial charge in [-0.1, -0.05) is 48.2 Å². The average Bonchev–Trinajstić information content (AvgIpc) is 2.63. The van der Waals surface area contributed by atoms with E-state index in [1.54, 1.807) is 18.5 Å². The number of amides is 1. The molecule has 2 aromatic heterocycles. The van der Waals surface area contributed by atoms with Gasteiger partial charge in [-0.2, -0.15) is 0 Å². The number of thioether (sulfide) groups is 1. The number of hydrogen-bond acceptors (Lipinski definition) is 6. The van der Waals surface area contributed by atoms with Crippen molar-refractivity contribution in [2.75, 3.05) is 11.1 Å². The van der Waals surface area contributed by atoms with Gasteiger partial charge in [0.15, 0.2) is 0 Å². The van der Waals surface area contributed by atoms with Gasteiger partial charge in [-0.05, 0) is 18.6 Å². The number of hydrogen-bond donors (Lipinski definition) is 1. The van der Waals surface area contributed by atoms with Gasteiger partial charge < -0.3 is 5.32 Å². The maximum atomic E-state index is 11.9. The Balaban J connectivity index is 1.54. The summed E-state index contributed by atoms with van der Waals surface area (Å²) in [6.45, 7) is 1.94. The first-order valence-corrected chi connectivity index (χ1v) is 8.30. The van der Waals surface area contributed by atoms with E-state index < -0.39 is 0 Å². The molecule has 0 spiro atoms. The molecule has 24 heavy (non-hydrogen) atoms. The zero-order valence-corrected chi connectivity index (χ0v) is 13.8. The summed E-state index contributed by atoms with van der Waals surface area (Å²) in [7, 11) is 0. The van der Waals surface area contributed by atoms with E-state index in [0.29, 0.717) is 16.7 Å². The SMILES string of the molecule is Cc1ccc(NC(=O)CSc2ncc(-c3ccccc3)nn2)nc1. The van der Waals surface area contributed by atoms with Gasteiger partial charge in [-0.25, -0.2) is 9.97 Å². The minimum absolute atomic E-state index is 0.160. The van der Waals surface area contributed by atoms with Crippen LogP contribution in [0.15, 0.2) is 60.0 Å². The van der Waals surface area contributed by atoms with Crippen LogP contribution in [0.25, 0.3) is 11.3 Å². The molecule has 3 aromatic rings. The molecule has 1 N–H and O–H groups in total. The Hall–Kier alpha value is -2.80. The molecule has 0 saturated carbocycles. The largest absolute Gasteiger partial charge is 0.310 e. The molecular weight excluding hydrogens is 322 g/mol. The lowest BCUT2D eigenvalue weighted by molar-refractivity contribution is -0.113. The molecule has 2 heterocycles. The molecular formula is C17H15N5OS. The molecule has 0 aliphatic carbocycles. The Morgan fingerprint density at radius 1 is 1.04 bits per heavy atom. The van der Waals surface area contributed by atoms with Gasteiger partial charge in [0.05, 0.1) is 11.9 Å². The quantitative estimate of drug-likeness (QED) is 0.721. The molecule has 1 aromatic carbocycles. The fourth-order valence-electron chi connectivity index (χ4n) is 1.92. The first-order valence-electron chi connectivity index (χ1n) is 7.31. The molecule has 0 unspecified atom stereocenters. The summed E-state index contributed by atoms with van der Waals surface area (Å²) >= 11 is 1.23. The van der Waals surface area contributed by atoms with Crippen LogP contribution in [0.1, 0.15) is 5.56 Å². The minimum Gasteiger partial charge on any atom is -0.310 e. The highest BCUT2D eigenvalue weighted by atomic mass is 32.2. The number of pyridine rings is 1. The third-order valence-corrected chi connectivity index (χ3v) is 3.97. The van der Waals surface area contributed by atoms with E-state index in [2.05, 4.69) is 25.5 Å². The summed E-state index contributed by atoms with van der Waals surface area (Å²) in [4.78, 5) is 20.3. The highest BCUT2D eigenvalue weighted by Crippen LogP contribution is 2.17. The lowest BCUT2D eigenvalue weighted by Crippen LogP contribution is -2.15. The topological polar surface area (TPSA) is 80.7 Å². The van der Waals surface area contributed by atoms with Crippen LogP contribution < -0.4 is 5.32 Å². The summed E-state index contributed by atoms with van der Waals surface area (Å²) in [6, 6.07) is 13.4. The number of rotatable bonds is 5. The number of benzene rings is 1. The van der Waals surface area contributed by atoms with E-state index in [9.17, 15) is 4.79 Å². The molecule has 0 saturated heterocycles. The van der Waals surface area contributed by atoms with E-state index >= 15 is 0 Å². The molecule has 0 aliphatic rings. The summed E-state index contributed by atoms with van der Waals surface area (Å²) in [5, 5.41) is 11.4. The number of aromatic nitrogens is 4. The van der Waals surface area contributed by atoms with Crippen molar-refractivity contribution in [3.63, 3.8) is 0 Å². The minimum atomic E-state index is -0.160. The Morgan fingerprint density at radius 3 is 2.54 bits per heavy atom. The van der Waals surface area contributed by atoms with Crippen molar-refractivity contribution in [3.8, 4) is 11.3 Å². The monoisotopic (exact) mass is 337 g/mol. The zero-order chi connectivity index (χ0) is 16.8. The number of aryl methyl sites for hydroxylation is 1. The fraction of sp³-hybridized carbons (Fsp3) is 0.118. The highest BCUT2D eigenvalue weighted by Gasteiger charge is 2.07. The van der Waals surface area contributed by atoms with Crippen LogP contribution in [0.4, 0.5) is 5.82 Å². The summed E-state index contributed by atoms with van der Waals surface area (Å²) in [5.41, 5.74) is 2.70. The van der Waals surface area contributed by atoms with E-state index in [1.807, 2.05) is 43.3 Å². The van der Waals surface area contributed by atoms with Crippen molar-refractivity contribution in [2.24, 2.45) is 0 Å². The Bertz CT molecular complexity index is 807. The Labute approximate surface area is 143 Å². The second kappa shape index (κ2) is 7.65. The number of nitrogens with one attached hydrogen (secondary N) is 1. The molecule has 7 heteroatoms. The number of anilines is 1. The number of carbonyl (C=O) groups excluding carboxylic acids is 1. The number of carbonyl (C=O) groups is 1. The molecule has 0 fully saturated rings. The Kier molecular flexibility index (Phi) is 5.12. The van der Waals surface area contributed by atoms with Crippen LogP contribution in [0.3, 0.4) is 0 Å². The highest BCUT2D eigenvalue weighted by molar-refractivity contribution is 7.99. The van der Waals surface area contributed by atoms with Crippen molar-refractivity contribution in [2.45, 2.75) is 12.1 Å². The van der Waals surface area contributed by atoms with Gasteiger partial charge in [0, 0.05) is 11.8 Å². The molecule has 3 rings (SSSR count). The van der Waals surface area contributed by atoms with Crippen molar-refractivity contribution in [3.05, 3.63) is 60.4 Å². The lowest BCUT2D eigenvalue weighted by atomic mass is 10.2. The van der Waals surface area contributed by atoms with E-state index in [0.717, 1.165) is 11.1 Å². The van der Waals surface area contributed by atoms with Crippen LogP contribution >= 0.6 is 11.8 Å². The van der Waals surface area contributed by atoms with Crippen LogP contribution in [-0.2, 0) is 4.79 Å². The first kappa shape index (κ1) is 16.1. The third-order valence-electron chi connectivity index (χ3n) is 3.12. The van der Waals surface area contributed by atoms with Gasteiger partial charge in [0.25, 0.3) is 0 Å². The van der Waals surface area contributed by atoms with Crippen molar-refractivity contribution >= 4 is 23.5 Å². The second-order valence-corrected chi connectivity index (χ2v) is 5.99. The lowest BCUT2D eigenvalue weighted by Gasteiger charge is -2.04. The van der Waals surface area contributed by atoms with E-state index in [1.165, 1.54) is 11.8 Å². The van der Waals surface area contributed by atoms with Gasteiger partial charge in [0.1, 0.15) is 11.5 Å². The van der Waals surface area contributed by atoms with Crippen LogP contribution in [0.2, 0.25) is 0 Å². The van der Waals surface area contributed by atoms with Crippen LogP contribution in [-0.4, -0.2) is 31.8 Å². The van der Waals surface area contributed by atoms with Crippen molar-refractivity contribution in [1.82, 2.24) is 20.2 Å². The maximum absolute atomic E-state index is 11.9. The Morgan fingerprint density at radius 2 is 1.88 bits per heavy atom. The van der Waals surface area contributed by atoms with Crippen LogP contribution in [0.5, 0.6) is 0 Å². The molecule has 0 radical (unpaired) electrons. The van der Waals surface area contributed by atoms with E-state index in [-0.39, 0.29) is 11.7 Å². The van der Waals surface area contributed by atoms with Crippen LogP contribution in [0, 0.1) is 6.92 Å². The summed E-state index contributed by atoms with van der Waals surface area (Å²) < 4.78 is 0. The van der Waals surface area contributed by atoms with Crippen molar-refractivity contribution < 1.29 is 4.79 Å². The molecule has 1 amide bonds. The number of nitrogens with zero attached hydrogens (tertiary/aromatic N) is 4. The predicted octanol–water partition coefficient (Wildman–Crippen LogP) is 2.97. The summed E-state index contributed by atoms with van der Waals surface area (Å²) in [5.74, 6) is 0.568. The molecule has 0 bridgehead atoms. The second-order valence-electron chi connectivity index (χ2n) is 5.05. The van der Waals surface area contributed by atoms with Gasteiger partial charge >= 0.3 is 0 Å². The normalized spacial score (nSPS) is 10.4. The standard InChI is InChI=1S/C17H15N5OS/c1-12-7-8-15(18-9-12)20-16(23)11-24-17-19-10-14(21-22-17)13-5-3-2-4-6-13/h2-10H,11H2,1H3,(H,18,20,23). The zero-order valence-electron chi connectivity index (χ0n) is 13.0. The smallest absolute Gasteiger partial charge is 0.236 e.